The maximum Gasteiger partial charge on any atom is 0.231 e. The number of ether oxygens (including phenoxy) is 5. The van der Waals surface area contributed by atoms with Gasteiger partial charge in [0.05, 0.1) is 27.0 Å². The van der Waals surface area contributed by atoms with Gasteiger partial charge in [0.1, 0.15) is 5.82 Å². The minimum atomic E-state index is 0.119. The Labute approximate surface area is 167 Å². The Morgan fingerprint density at radius 3 is 2.41 bits per heavy atom. The Morgan fingerprint density at radius 2 is 1.72 bits per heavy atom. The Bertz CT molecular complexity index is 1030. The third-order valence-electron chi connectivity index (χ3n) is 4.35. The van der Waals surface area contributed by atoms with Gasteiger partial charge in [0.25, 0.3) is 0 Å². The van der Waals surface area contributed by atoms with E-state index in [1.165, 1.54) is 0 Å². The van der Waals surface area contributed by atoms with E-state index in [0.29, 0.717) is 45.9 Å². The minimum absolute atomic E-state index is 0.119. The predicted molar refractivity (Wildman–Crippen MR) is 107 cm³/mol. The first-order valence-electron chi connectivity index (χ1n) is 8.73. The number of rotatable bonds is 6. The number of fused-ring (bicyclic) bond motifs is 1. The molecule has 0 aliphatic carbocycles. The summed E-state index contributed by atoms with van der Waals surface area (Å²) in [6.07, 6.45) is 0. The average Bonchev–Trinajstić information content (AvgIpc) is 3.21. The molecule has 0 fully saturated rings. The van der Waals surface area contributed by atoms with Crippen LogP contribution in [0.3, 0.4) is 0 Å². The highest BCUT2D eigenvalue weighted by Crippen LogP contribution is 2.42. The van der Waals surface area contributed by atoms with Gasteiger partial charge in [-0.3, -0.25) is 0 Å². The molecule has 3 N–H and O–H groups in total. The van der Waals surface area contributed by atoms with Gasteiger partial charge in [-0.25, -0.2) is 4.98 Å². The van der Waals surface area contributed by atoms with Gasteiger partial charge in [0.2, 0.25) is 18.5 Å². The smallest absolute Gasteiger partial charge is 0.231 e. The van der Waals surface area contributed by atoms with E-state index in [9.17, 15) is 0 Å². The van der Waals surface area contributed by atoms with Crippen molar-refractivity contribution in [3.8, 4) is 40.0 Å². The number of nitrogens with zero attached hydrogens (tertiary/aromatic N) is 2. The highest BCUT2D eigenvalue weighted by molar-refractivity contribution is 5.75. The van der Waals surface area contributed by atoms with Gasteiger partial charge in [0, 0.05) is 29.4 Å². The molecule has 1 aromatic heterocycles. The summed E-state index contributed by atoms with van der Waals surface area (Å²) in [4.78, 5) is 8.61. The Kier molecular flexibility index (Phi) is 4.86. The molecule has 0 saturated carbocycles. The van der Waals surface area contributed by atoms with Gasteiger partial charge in [-0.15, -0.1) is 0 Å². The van der Waals surface area contributed by atoms with Crippen LogP contribution in [0.4, 0.5) is 17.5 Å². The van der Waals surface area contributed by atoms with E-state index in [2.05, 4.69) is 15.3 Å². The number of nitrogens with one attached hydrogen (secondary N) is 1. The third-order valence-corrected chi connectivity index (χ3v) is 4.35. The number of anilines is 3. The summed E-state index contributed by atoms with van der Waals surface area (Å²) in [5.41, 5.74) is 8.00. The van der Waals surface area contributed by atoms with Crippen molar-refractivity contribution in [1.82, 2.24) is 9.97 Å². The van der Waals surface area contributed by atoms with Crippen molar-refractivity contribution in [3.63, 3.8) is 0 Å². The third kappa shape index (κ3) is 3.49. The maximum atomic E-state index is 5.95. The molecule has 0 amide bonds. The van der Waals surface area contributed by atoms with Crippen LogP contribution in [-0.2, 0) is 0 Å². The Morgan fingerprint density at radius 1 is 0.966 bits per heavy atom. The first-order valence-corrected chi connectivity index (χ1v) is 8.73. The van der Waals surface area contributed by atoms with Crippen LogP contribution in [0, 0.1) is 0 Å². The molecule has 29 heavy (non-hydrogen) atoms. The van der Waals surface area contributed by atoms with Crippen LogP contribution in [0.15, 0.2) is 36.4 Å². The molecular weight excluding hydrogens is 376 g/mol. The van der Waals surface area contributed by atoms with Crippen LogP contribution in [0.25, 0.3) is 11.3 Å². The van der Waals surface area contributed by atoms with Crippen LogP contribution in [-0.4, -0.2) is 38.1 Å². The lowest BCUT2D eigenvalue weighted by atomic mass is 10.1. The van der Waals surface area contributed by atoms with Crippen LogP contribution < -0.4 is 34.7 Å². The lowest BCUT2D eigenvalue weighted by Crippen LogP contribution is -2.03. The molecule has 0 spiro atoms. The zero-order valence-corrected chi connectivity index (χ0v) is 16.2. The second-order valence-corrected chi connectivity index (χ2v) is 6.07. The lowest BCUT2D eigenvalue weighted by molar-refractivity contribution is 0.174. The molecule has 0 bridgehead atoms. The number of hydrogen-bond acceptors (Lipinski definition) is 9. The van der Waals surface area contributed by atoms with Gasteiger partial charge in [0.15, 0.2) is 23.0 Å². The number of nitrogens with two attached hydrogens (primary N) is 1. The number of benzene rings is 2. The van der Waals surface area contributed by atoms with Crippen LogP contribution >= 0.6 is 0 Å². The second-order valence-electron chi connectivity index (χ2n) is 6.07. The summed E-state index contributed by atoms with van der Waals surface area (Å²) >= 11 is 0. The molecule has 9 nitrogen and oxygen atoms in total. The van der Waals surface area contributed by atoms with Gasteiger partial charge >= 0.3 is 0 Å². The van der Waals surface area contributed by atoms with Crippen molar-refractivity contribution in [1.29, 1.82) is 0 Å². The van der Waals surface area contributed by atoms with Gasteiger partial charge in [-0.1, -0.05) is 6.07 Å². The average molecular weight is 396 g/mol. The topological polar surface area (TPSA) is 110 Å². The number of nitrogen functional groups attached to an aromatic ring is 1. The van der Waals surface area contributed by atoms with Gasteiger partial charge < -0.3 is 34.7 Å². The first-order chi connectivity index (χ1) is 14.1. The maximum absolute atomic E-state index is 5.95. The minimum Gasteiger partial charge on any atom is -0.493 e. The van der Waals surface area contributed by atoms with Crippen molar-refractivity contribution in [2.45, 2.75) is 0 Å². The molecular formula is C20H20N4O5. The summed E-state index contributed by atoms with van der Waals surface area (Å²) in [5, 5.41) is 3.20. The van der Waals surface area contributed by atoms with Crippen molar-refractivity contribution in [3.05, 3.63) is 36.4 Å². The molecule has 150 valence electrons. The second kappa shape index (κ2) is 7.63. The summed E-state index contributed by atoms with van der Waals surface area (Å²) in [6.45, 7) is 0.170. The molecule has 3 aromatic rings. The van der Waals surface area contributed by atoms with E-state index in [4.69, 9.17) is 29.4 Å². The summed E-state index contributed by atoms with van der Waals surface area (Å²) < 4.78 is 27.2. The van der Waals surface area contributed by atoms with Crippen LogP contribution in [0.2, 0.25) is 0 Å². The zero-order valence-electron chi connectivity index (χ0n) is 16.2. The fourth-order valence-corrected chi connectivity index (χ4v) is 3.10. The molecule has 9 heteroatoms. The van der Waals surface area contributed by atoms with Crippen molar-refractivity contribution < 1.29 is 23.7 Å². The van der Waals surface area contributed by atoms with Crippen LogP contribution in [0.1, 0.15) is 0 Å². The molecule has 4 rings (SSSR count). The van der Waals surface area contributed by atoms with Gasteiger partial charge in [-0.2, -0.15) is 4.98 Å². The standard InChI is InChI=1S/C20H20N4O5/c1-25-15-7-11(8-16(26-2)19(15)27-3)22-17-9-13(23-20(21)24-17)12-5-4-6-14-18(12)29-10-28-14/h4-9H,10H2,1-3H3,(H3,21,22,23,24). The van der Waals surface area contributed by atoms with E-state index in [1.54, 1.807) is 39.5 Å². The van der Waals surface area contributed by atoms with E-state index < -0.39 is 0 Å². The molecule has 0 atom stereocenters. The quantitative estimate of drug-likeness (QED) is 0.649. The molecule has 2 heterocycles. The lowest BCUT2D eigenvalue weighted by Gasteiger charge is -2.15. The zero-order chi connectivity index (χ0) is 20.4. The highest BCUT2D eigenvalue weighted by Gasteiger charge is 2.20. The largest absolute Gasteiger partial charge is 0.493 e. The van der Waals surface area contributed by atoms with Crippen molar-refractivity contribution >= 4 is 17.5 Å². The monoisotopic (exact) mass is 396 g/mol. The molecule has 0 unspecified atom stereocenters. The van der Waals surface area contributed by atoms with Gasteiger partial charge in [-0.05, 0) is 12.1 Å². The highest BCUT2D eigenvalue weighted by atomic mass is 16.7. The van der Waals surface area contributed by atoms with Crippen molar-refractivity contribution in [2.75, 3.05) is 39.2 Å². The SMILES string of the molecule is COc1cc(Nc2cc(-c3cccc4c3OCO4)nc(N)n2)cc(OC)c1OC. The molecule has 2 aromatic carbocycles. The fraction of sp³-hybridized carbons (Fsp3) is 0.200. The molecule has 0 saturated heterocycles. The number of para-hydroxylation sites is 1. The van der Waals surface area contributed by atoms with E-state index in [0.717, 1.165) is 5.56 Å². The van der Waals surface area contributed by atoms with E-state index >= 15 is 0 Å². The fourth-order valence-electron chi connectivity index (χ4n) is 3.10. The first kappa shape index (κ1) is 18.5. The molecule has 1 aliphatic heterocycles. The van der Waals surface area contributed by atoms with E-state index in [1.807, 2.05) is 18.2 Å². The Hall–Kier alpha value is -3.88. The molecule has 0 radical (unpaired) electrons. The number of hydrogen-bond donors (Lipinski definition) is 2. The normalized spacial score (nSPS) is 11.8. The number of aromatic nitrogens is 2. The number of methoxy groups -OCH3 is 3. The Balaban J connectivity index is 1.72. The summed E-state index contributed by atoms with van der Waals surface area (Å²) in [6, 6.07) is 10.9. The van der Waals surface area contributed by atoms with Crippen LogP contribution in [0.5, 0.6) is 28.7 Å². The summed E-state index contributed by atoms with van der Waals surface area (Å²) in [5.74, 6) is 3.45. The van der Waals surface area contributed by atoms with E-state index in [-0.39, 0.29) is 12.7 Å². The summed E-state index contributed by atoms with van der Waals surface area (Å²) in [7, 11) is 4.66. The predicted octanol–water partition coefficient (Wildman–Crippen LogP) is 3.22. The van der Waals surface area contributed by atoms with Crippen molar-refractivity contribution in [2.24, 2.45) is 0 Å². The molecule has 1 aliphatic rings.